The maximum atomic E-state index is 6.01. The molecule has 0 unspecified atom stereocenters. The van der Waals surface area contributed by atoms with Crippen molar-refractivity contribution in [1.29, 1.82) is 0 Å². The molecule has 0 atom stereocenters. The van der Waals surface area contributed by atoms with Gasteiger partial charge in [0.15, 0.2) is 5.96 Å². The van der Waals surface area contributed by atoms with Crippen molar-refractivity contribution in [2.75, 3.05) is 33.4 Å². The van der Waals surface area contributed by atoms with E-state index in [1.165, 1.54) is 32.1 Å². The third kappa shape index (κ3) is 8.13. The first-order valence-corrected chi connectivity index (χ1v) is 6.88. The van der Waals surface area contributed by atoms with Gasteiger partial charge in [0.05, 0.1) is 0 Å². The first-order chi connectivity index (χ1) is 8.34. The second-order valence-electron chi connectivity index (χ2n) is 4.69. The third-order valence-corrected chi connectivity index (χ3v) is 3.21. The molecule has 0 bridgehead atoms. The topological polar surface area (TPSA) is 50.9 Å². The Labute approximate surface area is 128 Å². The lowest BCUT2D eigenvalue weighted by Crippen LogP contribution is -2.38. The number of nitrogens with two attached hydrogens (primary N) is 1. The maximum Gasteiger partial charge on any atom is 0.191 e. The van der Waals surface area contributed by atoms with Crippen molar-refractivity contribution >= 4 is 29.9 Å². The molecule has 108 valence electrons. The minimum atomic E-state index is 0. The summed E-state index contributed by atoms with van der Waals surface area (Å²) in [6, 6.07) is 0. The van der Waals surface area contributed by atoms with E-state index in [1.807, 2.05) is 0 Å². The SMILES string of the molecule is COCCCCCN=C(N)N1CCCCCC1.I. The lowest BCUT2D eigenvalue weighted by molar-refractivity contribution is 0.192. The number of hydrogen-bond donors (Lipinski definition) is 1. The van der Waals surface area contributed by atoms with E-state index in [2.05, 4.69) is 9.89 Å². The zero-order valence-corrected chi connectivity index (χ0v) is 13.9. The van der Waals surface area contributed by atoms with Crippen LogP contribution in [0.1, 0.15) is 44.9 Å². The van der Waals surface area contributed by atoms with Gasteiger partial charge in [-0.05, 0) is 32.1 Å². The van der Waals surface area contributed by atoms with Gasteiger partial charge in [0.2, 0.25) is 0 Å². The standard InChI is InChI=1S/C13H27N3O.HI/c1-17-12-8-4-5-9-15-13(14)16-10-6-2-3-7-11-16;/h2-12H2,1H3,(H2,14,15);1H. The molecule has 5 heteroatoms. The van der Waals surface area contributed by atoms with Crippen molar-refractivity contribution in [3.05, 3.63) is 0 Å². The highest BCUT2D eigenvalue weighted by atomic mass is 127. The van der Waals surface area contributed by atoms with Crippen LogP contribution in [0, 0.1) is 0 Å². The molecule has 0 aromatic carbocycles. The predicted molar refractivity (Wildman–Crippen MR) is 87.7 cm³/mol. The Morgan fingerprint density at radius 1 is 1.11 bits per heavy atom. The number of aliphatic imine (C=N–C) groups is 1. The van der Waals surface area contributed by atoms with Crippen molar-refractivity contribution in [2.24, 2.45) is 10.7 Å². The Hall–Kier alpha value is -0.0400. The van der Waals surface area contributed by atoms with Gasteiger partial charge in [-0.1, -0.05) is 12.8 Å². The molecule has 2 N–H and O–H groups in total. The Kier molecular flexibility index (Phi) is 12.0. The number of likely N-dealkylation sites (tertiary alicyclic amines) is 1. The summed E-state index contributed by atoms with van der Waals surface area (Å²) < 4.78 is 5.01. The molecule has 0 aliphatic carbocycles. The van der Waals surface area contributed by atoms with Crippen LogP contribution < -0.4 is 5.73 Å². The average molecular weight is 369 g/mol. The number of methoxy groups -OCH3 is 1. The smallest absolute Gasteiger partial charge is 0.191 e. The van der Waals surface area contributed by atoms with E-state index in [0.29, 0.717) is 0 Å². The Morgan fingerprint density at radius 2 is 1.78 bits per heavy atom. The molecule has 0 radical (unpaired) electrons. The van der Waals surface area contributed by atoms with Crippen LogP contribution in [0.2, 0.25) is 0 Å². The largest absolute Gasteiger partial charge is 0.385 e. The van der Waals surface area contributed by atoms with Crippen LogP contribution >= 0.6 is 24.0 Å². The summed E-state index contributed by atoms with van der Waals surface area (Å²) >= 11 is 0. The van der Waals surface area contributed by atoms with E-state index in [4.69, 9.17) is 10.5 Å². The fraction of sp³-hybridized carbons (Fsp3) is 0.923. The van der Waals surface area contributed by atoms with Gasteiger partial charge in [-0.15, -0.1) is 24.0 Å². The fourth-order valence-electron chi connectivity index (χ4n) is 2.13. The quantitative estimate of drug-likeness (QED) is 0.339. The Balaban J connectivity index is 0.00000289. The Bertz CT molecular complexity index is 216. The van der Waals surface area contributed by atoms with Crippen LogP contribution in [0.25, 0.3) is 0 Å². The molecule has 0 saturated carbocycles. The summed E-state index contributed by atoms with van der Waals surface area (Å²) in [7, 11) is 1.75. The highest BCUT2D eigenvalue weighted by molar-refractivity contribution is 14.0. The fourth-order valence-corrected chi connectivity index (χ4v) is 2.13. The van der Waals surface area contributed by atoms with Crippen LogP contribution in [-0.2, 0) is 4.74 Å². The number of rotatable bonds is 6. The molecule has 1 aliphatic rings. The number of ether oxygens (including phenoxy) is 1. The molecule has 1 rings (SSSR count). The van der Waals surface area contributed by atoms with E-state index in [0.717, 1.165) is 45.0 Å². The van der Waals surface area contributed by atoms with Crippen molar-refractivity contribution in [3.63, 3.8) is 0 Å². The second-order valence-corrected chi connectivity index (χ2v) is 4.69. The molecule has 0 spiro atoms. The predicted octanol–water partition coefficient (Wildman–Crippen LogP) is 2.61. The molecular formula is C13H28IN3O. The molecule has 0 aromatic heterocycles. The monoisotopic (exact) mass is 369 g/mol. The minimum absolute atomic E-state index is 0. The molecular weight excluding hydrogens is 341 g/mol. The summed E-state index contributed by atoms with van der Waals surface area (Å²) in [4.78, 5) is 6.70. The number of guanidine groups is 1. The number of hydrogen-bond acceptors (Lipinski definition) is 2. The molecule has 0 aromatic rings. The van der Waals surface area contributed by atoms with E-state index in [9.17, 15) is 0 Å². The molecule has 1 fully saturated rings. The zero-order valence-electron chi connectivity index (χ0n) is 11.6. The summed E-state index contributed by atoms with van der Waals surface area (Å²) in [6.45, 7) is 3.87. The lowest BCUT2D eigenvalue weighted by Gasteiger charge is -2.21. The summed E-state index contributed by atoms with van der Waals surface area (Å²) in [5, 5.41) is 0. The molecule has 4 nitrogen and oxygen atoms in total. The van der Waals surface area contributed by atoms with Crippen molar-refractivity contribution in [2.45, 2.75) is 44.9 Å². The van der Waals surface area contributed by atoms with E-state index < -0.39 is 0 Å². The van der Waals surface area contributed by atoms with E-state index >= 15 is 0 Å². The first-order valence-electron chi connectivity index (χ1n) is 6.88. The van der Waals surface area contributed by atoms with Crippen LogP contribution in [0.3, 0.4) is 0 Å². The van der Waals surface area contributed by atoms with Crippen molar-refractivity contribution in [1.82, 2.24) is 4.90 Å². The highest BCUT2D eigenvalue weighted by Crippen LogP contribution is 2.09. The van der Waals surface area contributed by atoms with Gasteiger partial charge >= 0.3 is 0 Å². The summed E-state index contributed by atoms with van der Waals surface area (Å²) in [5.74, 6) is 0.749. The normalized spacial score (nSPS) is 17.2. The van der Waals surface area contributed by atoms with Crippen LogP contribution in [0.15, 0.2) is 4.99 Å². The number of unbranched alkanes of at least 4 members (excludes halogenated alkanes) is 2. The lowest BCUT2D eigenvalue weighted by atomic mass is 10.2. The maximum absolute atomic E-state index is 6.01. The molecule has 0 amide bonds. The highest BCUT2D eigenvalue weighted by Gasteiger charge is 2.10. The van der Waals surface area contributed by atoms with Crippen LogP contribution in [0.4, 0.5) is 0 Å². The van der Waals surface area contributed by atoms with Crippen LogP contribution in [0.5, 0.6) is 0 Å². The van der Waals surface area contributed by atoms with E-state index in [-0.39, 0.29) is 24.0 Å². The first kappa shape index (κ1) is 18.0. The molecule has 1 saturated heterocycles. The minimum Gasteiger partial charge on any atom is -0.385 e. The summed E-state index contributed by atoms with van der Waals surface area (Å²) in [6.07, 6.45) is 8.58. The molecule has 1 heterocycles. The van der Waals surface area contributed by atoms with Gasteiger partial charge in [0.25, 0.3) is 0 Å². The average Bonchev–Trinajstić information content (AvgIpc) is 2.62. The van der Waals surface area contributed by atoms with Crippen molar-refractivity contribution in [3.8, 4) is 0 Å². The third-order valence-electron chi connectivity index (χ3n) is 3.21. The Morgan fingerprint density at radius 3 is 2.39 bits per heavy atom. The van der Waals surface area contributed by atoms with Gasteiger partial charge in [-0.2, -0.15) is 0 Å². The van der Waals surface area contributed by atoms with Gasteiger partial charge < -0.3 is 15.4 Å². The number of nitrogens with zero attached hydrogens (tertiary/aromatic N) is 2. The van der Waals surface area contributed by atoms with Crippen molar-refractivity contribution < 1.29 is 4.74 Å². The van der Waals surface area contributed by atoms with Gasteiger partial charge in [-0.25, -0.2) is 0 Å². The summed E-state index contributed by atoms with van der Waals surface area (Å²) in [5.41, 5.74) is 6.01. The second kappa shape index (κ2) is 12.0. The van der Waals surface area contributed by atoms with Crippen LogP contribution in [-0.4, -0.2) is 44.2 Å². The zero-order chi connectivity index (χ0) is 12.3. The van der Waals surface area contributed by atoms with Gasteiger partial charge in [0.1, 0.15) is 0 Å². The van der Waals surface area contributed by atoms with E-state index in [1.54, 1.807) is 7.11 Å². The van der Waals surface area contributed by atoms with Gasteiger partial charge in [0, 0.05) is 33.4 Å². The number of halogens is 1. The van der Waals surface area contributed by atoms with Gasteiger partial charge in [-0.3, -0.25) is 4.99 Å². The molecule has 18 heavy (non-hydrogen) atoms. The molecule has 1 aliphatic heterocycles.